The summed E-state index contributed by atoms with van der Waals surface area (Å²) < 4.78 is 13.8. The van der Waals surface area contributed by atoms with Gasteiger partial charge in [-0.3, -0.25) is 4.98 Å². The molecule has 0 radical (unpaired) electrons. The highest BCUT2D eigenvalue weighted by Crippen LogP contribution is 2.19. The second kappa shape index (κ2) is 3.72. The second-order valence-corrected chi connectivity index (χ2v) is 3.15. The molecule has 2 rings (SSSR count). The molecule has 0 bridgehead atoms. The lowest BCUT2D eigenvalue weighted by atomic mass is 10.1. The summed E-state index contributed by atoms with van der Waals surface area (Å²) >= 11 is 0. The average Bonchev–Trinajstić information content (AvgIpc) is 2.23. The van der Waals surface area contributed by atoms with Gasteiger partial charge in [0.15, 0.2) is 0 Å². The van der Waals surface area contributed by atoms with Gasteiger partial charge in [0.05, 0.1) is 5.52 Å². The lowest BCUT2D eigenvalue weighted by molar-refractivity contribution is 0.621. The first-order valence-corrected chi connectivity index (χ1v) is 4.55. The molecule has 0 saturated carbocycles. The Labute approximate surface area is 81.6 Å². The lowest BCUT2D eigenvalue weighted by Gasteiger charge is -2.04. The molecule has 2 nitrogen and oxygen atoms in total. The van der Waals surface area contributed by atoms with E-state index in [2.05, 4.69) is 4.98 Å². The van der Waals surface area contributed by atoms with Crippen LogP contribution in [-0.4, -0.2) is 11.5 Å². The number of nitrogens with zero attached hydrogens (tertiary/aromatic N) is 1. The molecule has 14 heavy (non-hydrogen) atoms. The molecule has 0 aliphatic heterocycles. The van der Waals surface area contributed by atoms with Crippen molar-refractivity contribution in [3.05, 3.63) is 41.8 Å². The fraction of sp³-hybridized carbons (Fsp3) is 0.182. The highest BCUT2D eigenvalue weighted by Gasteiger charge is 2.06. The maximum absolute atomic E-state index is 13.8. The van der Waals surface area contributed by atoms with E-state index in [0.29, 0.717) is 29.4 Å². The molecular weight excluding hydrogens is 179 g/mol. The largest absolute Gasteiger partial charge is 0.330 e. The van der Waals surface area contributed by atoms with E-state index in [9.17, 15) is 4.39 Å². The molecule has 0 aliphatic carbocycles. The van der Waals surface area contributed by atoms with Gasteiger partial charge in [0, 0.05) is 11.6 Å². The zero-order chi connectivity index (χ0) is 9.97. The van der Waals surface area contributed by atoms with Crippen LogP contribution in [0.5, 0.6) is 0 Å². The topological polar surface area (TPSA) is 38.9 Å². The monoisotopic (exact) mass is 190 g/mol. The third-order valence-electron chi connectivity index (χ3n) is 2.21. The van der Waals surface area contributed by atoms with E-state index in [-0.39, 0.29) is 5.82 Å². The number of rotatable bonds is 2. The fourth-order valence-electron chi connectivity index (χ4n) is 1.51. The number of nitrogens with two attached hydrogens (primary N) is 1. The summed E-state index contributed by atoms with van der Waals surface area (Å²) in [5, 5.41) is 0.568. The molecule has 3 heteroatoms. The third kappa shape index (κ3) is 1.46. The van der Waals surface area contributed by atoms with Crippen LogP contribution in [0.4, 0.5) is 4.39 Å². The Morgan fingerprint density at radius 3 is 2.93 bits per heavy atom. The van der Waals surface area contributed by atoms with E-state index >= 15 is 0 Å². The fourth-order valence-corrected chi connectivity index (χ4v) is 1.51. The summed E-state index contributed by atoms with van der Waals surface area (Å²) in [4.78, 5) is 4.07. The second-order valence-electron chi connectivity index (χ2n) is 3.15. The van der Waals surface area contributed by atoms with Gasteiger partial charge in [-0.05, 0) is 36.7 Å². The van der Waals surface area contributed by atoms with Gasteiger partial charge < -0.3 is 5.73 Å². The van der Waals surface area contributed by atoms with Crippen LogP contribution in [0, 0.1) is 5.82 Å². The Morgan fingerprint density at radius 1 is 1.29 bits per heavy atom. The van der Waals surface area contributed by atoms with Crippen LogP contribution in [-0.2, 0) is 6.42 Å². The van der Waals surface area contributed by atoms with Crippen molar-refractivity contribution in [3.63, 3.8) is 0 Å². The van der Waals surface area contributed by atoms with Crippen molar-refractivity contribution in [2.24, 2.45) is 5.73 Å². The SMILES string of the molecule is NCCc1ccc2ncccc2c1F. The number of hydrogen-bond acceptors (Lipinski definition) is 2. The summed E-state index contributed by atoms with van der Waals surface area (Å²) in [5.74, 6) is -0.193. The molecule has 1 aromatic heterocycles. The van der Waals surface area contributed by atoms with E-state index in [1.165, 1.54) is 0 Å². The highest BCUT2D eigenvalue weighted by molar-refractivity contribution is 5.79. The van der Waals surface area contributed by atoms with E-state index in [1.807, 2.05) is 6.07 Å². The van der Waals surface area contributed by atoms with Crippen LogP contribution in [0.2, 0.25) is 0 Å². The number of halogens is 1. The van der Waals surface area contributed by atoms with Gasteiger partial charge >= 0.3 is 0 Å². The lowest BCUT2D eigenvalue weighted by Crippen LogP contribution is -2.04. The predicted molar refractivity (Wildman–Crippen MR) is 54.5 cm³/mol. The molecule has 0 unspecified atom stereocenters. The Morgan fingerprint density at radius 2 is 2.14 bits per heavy atom. The maximum Gasteiger partial charge on any atom is 0.135 e. The van der Waals surface area contributed by atoms with Crippen molar-refractivity contribution in [2.45, 2.75) is 6.42 Å². The van der Waals surface area contributed by atoms with Crippen LogP contribution in [0.1, 0.15) is 5.56 Å². The molecule has 0 saturated heterocycles. The van der Waals surface area contributed by atoms with Crippen LogP contribution in [0.3, 0.4) is 0 Å². The number of benzene rings is 1. The van der Waals surface area contributed by atoms with E-state index < -0.39 is 0 Å². The molecule has 0 amide bonds. The summed E-state index contributed by atoms with van der Waals surface area (Å²) in [6, 6.07) is 7.04. The van der Waals surface area contributed by atoms with Crippen molar-refractivity contribution < 1.29 is 4.39 Å². The summed E-state index contributed by atoms with van der Waals surface area (Å²) in [5.41, 5.74) is 6.74. The molecular formula is C11H11FN2. The van der Waals surface area contributed by atoms with Crippen LogP contribution in [0.25, 0.3) is 10.9 Å². The minimum absolute atomic E-state index is 0.193. The first-order chi connectivity index (χ1) is 6.83. The highest BCUT2D eigenvalue weighted by atomic mass is 19.1. The molecule has 2 aromatic rings. The number of hydrogen-bond donors (Lipinski definition) is 1. The predicted octanol–water partition coefficient (Wildman–Crippen LogP) is 1.88. The standard InChI is InChI=1S/C11H11FN2/c12-11-8(5-6-13)3-4-10-9(11)2-1-7-14-10/h1-4,7H,5-6,13H2. The van der Waals surface area contributed by atoms with Crippen LogP contribution >= 0.6 is 0 Å². The number of aromatic nitrogens is 1. The zero-order valence-electron chi connectivity index (χ0n) is 7.70. The quantitative estimate of drug-likeness (QED) is 0.785. The van der Waals surface area contributed by atoms with Crippen molar-refractivity contribution in [3.8, 4) is 0 Å². The molecule has 2 N–H and O–H groups in total. The summed E-state index contributed by atoms with van der Waals surface area (Å²) in [6.07, 6.45) is 2.22. The van der Waals surface area contributed by atoms with Gasteiger partial charge in [-0.2, -0.15) is 0 Å². The van der Waals surface area contributed by atoms with Crippen LogP contribution < -0.4 is 5.73 Å². The maximum atomic E-state index is 13.8. The van der Waals surface area contributed by atoms with Gasteiger partial charge in [0.2, 0.25) is 0 Å². The molecule has 0 aliphatic rings. The number of pyridine rings is 1. The van der Waals surface area contributed by atoms with Gasteiger partial charge in [-0.15, -0.1) is 0 Å². The first kappa shape index (κ1) is 9.09. The van der Waals surface area contributed by atoms with Crippen LogP contribution in [0.15, 0.2) is 30.5 Å². The molecule has 1 aromatic carbocycles. The average molecular weight is 190 g/mol. The van der Waals surface area contributed by atoms with E-state index in [4.69, 9.17) is 5.73 Å². The Kier molecular flexibility index (Phi) is 2.41. The van der Waals surface area contributed by atoms with Gasteiger partial charge in [0.25, 0.3) is 0 Å². The van der Waals surface area contributed by atoms with Crippen molar-refractivity contribution in [2.75, 3.05) is 6.54 Å². The van der Waals surface area contributed by atoms with Crippen molar-refractivity contribution >= 4 is 10.9 Å². The summed E-state index contributed by atoms with van der Waals surface area (Å²) in [7, 11) is 0. The minimum atomic E-state index is -0.193. The zero-order valence-corrected chi connectivity index (χ0v) is 7.70. The molecule has 0 atom stereocenters. The number of fused-ring (bicyclic) bond motifs is 1. The van der Waals surface area contributed by atoms with Gasteiger partial charge in [-0.25, -0.2) is 4.39 Å². The Hall–Kier alpha value is -1.48. The molecule has 0 fully saturated rings. The Bertz CT molecular complexity index is 454. The summed E-state index contributed by atoms with van der Waals surface area (Å²) in [6.45, 7) is 0.461. The van der Waals surface area contributed by atoms with E-state index in [0.717, 1.165) is 0 Å². The normalized spacial score (nSPS) is 10.7. The third-order valence-corrected chi connectivity index (χ3v) is 2.21. The molecule has 1 heterocycles. The minimum Gasteiger partial charge on any atom is -0.330 e. The smallest absolute Gasteiger partial charge is 0.135 e. The molecule has 0 spiro atoms. The van der Waals surface area contributed by atoms with Crippen molar-refractivity contribution in [1.29, 1.82) is 0 Å². The van der Waals surface area contributed by atoms with Crippen molar-refractivity contribution in [1.82, 2.24) is 4.98 Å². The van der Waals surface area contributed by atoms with Gasteiger partial charge in [-0.1, -0.05) is 6.07 Å². The first-order valence-electron chi connectivity index (χ1n) is 4.55. The van der Waals surface area contributed by atoms with E-state index in [1.54, 1.807) is 24.4 Å². The Balaban J connectivity index is 2.63. The van der Waals surface area contributed by atoms with Gasteiger partial charge in [0.1, 0.15) is 5.82 Å². The molecule has 72 valence electrons.